The van der Waals surface area contributed by atoms with Gasteiger partial charge >= 0.3 is 0 Å². The molecule has 3 nitrogen and oxygen atoms in total. The first kappa shape index (κ1) is 6.01. The van der Waals surface area contributed by atoms with Crippen LogP contribution in [-0.4, -0.2) is 15.1 Å². The lowest BCUT2D eigenvalue weighted by molar-refractivity contribution is 1.15. The summed E-state index contributed by atoms with van der Waals surface area (Å²) in [5.74, 6) is 0.542. The highest BCUT2D eigenvalue weighted by molar-refractivity contribution is 7.78. The van der Waals surface area contributed by atoms with Crippen LogP contribution in [0, 0.1) is 0 Å². The van der Waals surface area contributed by atoms with Crippen molar-refractivity contribution in [2.45, 2.75) is 0 Å². The summed E-state index contributed by atoms with van der Waals surface area (Å²) in [6, 6.07) is 1.65. The van der Waals surface area contributed by atoms with Crippen LogP contribution in [0.2, 0.25) is 0 Å². The Bertz CT molecular complexity index is 227. The van der Waals surface area contributed by atoms with Crippen LogP contribution in [0.4, 0.5) is 5.82 Å². The number of aliphatic imine (C=N–C) groups is 1. The zero-order chi connectivity index (χ0) is 6.53. The molecule has 1 aromatic heterocycles. The van der Waals surface area contributed by atoms with Crippen LogP contribution < -0.4 is 0 Å². The molecule has 4 heteroatoms. The molecule has 0 saturated carbocycles. The maximum atomic E-state index is 4.36. The van der Waals surface area contributed by atoms with Crippen molar-refractivity contribution in [3.05, 3.63) is 18.6 Å². The van der Waals surface area contributed by atoms with Gasteiger partial charge in [0, 0.05) is 12.3 Å². The van der Waals surface area contributed by atoms with Gasteiger partial charge in [0.05, 0.1) is 5.16 Å². The Labute approximate surface area is 57.5 Å². The number of hydrogen-bond donors (Lipinski definition) is 0. The van der Waals surface area contributed by atoms with E-state index in [2.05, 4.69) is 32.3 Å². The second-order valence-electron chi connectivity index (χ2n) is 1.27. The van der Waals surface area contributed by atoms with Gasteiger partial charge in [-0.15, -0.1) is 0 Å². The fraction of sp³-hybridized carbons (Fsp3) is 0. The van der Waals surface area contributed by atoms with Crippen LogP contribution in [-0.2, 0) is 0 Å². The highest BCUT2D eigenvalue weighted by atomic mass is 32.1. The Kier molecular flexibility index (Phi) is 2.01. The summed E-state index contributed by atoms with van der Waals surface area (Å²) in [5, 5.41) is 2.20. The molecule has 44 valence electrons. The predicted molar refractivity (Wildman–Crippen MR) is 36.7 cm³/mol. The van der Waals surface area contributed by atoms with E-state index in [1.165, 1.54) is 6.33 Å². The molecule has 0 fully saturated rings. The molecule has 0 bridgehead atoms. The number of nitrogens with zero attached hydrogens (tertiary/aromatic N) is 3. The molecule has 0 atom stereocenters. The Morgan fingerprint density at radius 3 is 3.11 bits per heavy atom. The minimum absolute atomic E-state index is 0.542. The van der Waals surface area contributed by atoms with Gasteiger partial charge in [0.25, 0.3) is 0 Å². The zero-order valence-corrected chi connectivity index (χ0v) is 5.30. The van der Waals surface area contributed by atoms with Crippen LogP contribution in [0.25, 0.3) is 0 Å². The van der Waals surface area contributed by atoms with Crippen molar-refractivity contribution in [2.24, 2.45) is 4.99 Å². The van der Waals surface area contributed by atoms with Crippen LogP contribution in [0.5, 0.6) is 0 Å². The molecular formula is C5H3N3S. The van der Waals surface area contributed by atoms with Gasteiger partial charge in [-0.05, 0) is 12.2 Å². The first-order valence-electron chi connectivity index (χ1n) is 2.27. The molecule has 0 N–H and O–H groups in total. The van der Waals surface area contributed by atoms with E-state index >= 15 is 0 Å². The maximum absolute atomic E-state index is 4.36. The number of thiocarbonyl (C=S) groups is 1. The van der Waals surface area contributed by atoms with E-state index in [1.807, 2.05) is 0 Å². The largest absolute Gasteiger partial charge is 0.245 e. The highest BCUT2D eigenvalue weighted by Gasteiger charge is 1.81. The van der Waals surface area contributed by atoms with E-state index < -0.39 is 0 Å². The highest BCUT2D eigenvalue weighted by Crippen LogP contribution is 2.00. The van der Waals surface area contributed by atoms with Gasteiger partial charge in [0.2, 0.25) is 0 Å². The Morgan fingerprint density at radius 2 is 2.56 bits per heavy atom. The minimum atomic E-state index is 0.542. The minimum Gasteiger partial charge on any atom is -0.245 e. The van der Waals surface area contributed by atoms with Crippen molar-refractivity contribution in [3.63, 3.8) is 0 Å². The normalized spacial score (nSPS) is 8.00. The molecule has 0 aliphatic heterocycles. The van der Waals surface area contributed by atoms with Crippen LogP contribution in [0.1, 0.15) is 0 Å². The second-order valence-corrected chi connectivity index (χ2v) is 1.45. The Hall–Kier alpha value is -1.12. The third-order valence-electron chi connectivity index (χ3n) is 0.727. The van der Waals surface area contributed by atoms with E-state index in [1.54, 1.807) is 12.3 Å². The van der Waals surface area contributed by atoms with Gasteiger partial charge in [-0.1, -0.05) is 0 Å². The number of rotatable bonds is 1. The van der Waals surface area contributed by atoms with Crippen molar-refractivity contribution < 1.29 is 0 Å². The van der Waals surface area contributed by atoms with Gasteiger partial charge in [0.15, 0.2) is 5.82 Å². The Morgan fingerprint density at radius 1 is 1.67 bits per heavy atom. The molecule has 1 heterocycles. The molecule has 0 radical (unpaired) electrons. The smallest absolute Gasteiger partial charge is 0.165 e. The quantitative estimate of drug-likeness (QED) is 0.431. The molecule has 9 heavy (non-hydrogen) atoms. The van der Waals surface area contributed by atoms with Crippen molar-refractivity contribution in [3.8, 4) is 0 Å². The maximum Gasteiger partial charge on any atom is 0.165 e. The average molecular weight is 137 g/mol. The fourth-order valence-corrected chi connectivity index (χ4v) is 0.490. The van der Waals surface area contributed by atoms with Gasteiger partial charge in [-0.2, -0.15) is 4.99 Å². The van der Waals surface area contributed by atoms with Gasteiger partial charge in [0.1, 0.15) is 6.33 Å². The molecule has 0 unspecified atom stereocenters. The van der Waals surface area contributed by atoms with Crippen LogP contribution >= 0.6 is 12.2 Å². The lowest BCUT2D eigenvalue weighted by Gasteiger charge is -1.82. The number of hydrogen-bond acceptors (Lipinski definition) is 4. The van der Waals surface area contributed by atoms with E-state index in [4.69, 9.17) is 0 Å². The average Bonchev–Trinajstić information content (AvgIpc) is 1.91. The van der Waals surface area contributed by atoms with E-state index in [0.717, 1.165) is 0 Å². The van der Waals surface area contributed by atoms with Crippen molar-refractivity contribution in [1.82, 2.24) is 9.97 Å². The Balaban J connectivity index is 2.97. The van der Waals surface area contributed by atoms with Crippen molar-refractivity contribution in [2.75, 3.05) is 0 Å². The SMILES string of the molecule is S=C=Nc1ccncn1. The summed E-state index contributed by atoms with van der Waals surface area (Å²) < 4.78 is 0. The third-order valence-corrected chi connectivity index (χ3v) is 0.818. The molecule has 0 amide bonds. The summed E-state index contributed by atoms with van der Waals surface area (Å²) in [4.78, 5) is 11.1. The van der Waals surface area contributed by atoms with Gasteiger partial charge in [-0.3, -0.25) is 0 Å². The first-order chi connectivity index (χ1) is 4.43. The number of isothiocyanates is 1. The first-order valence-corrected chi connectivity index (χ1v) is 2.68. The summed E-state index contributed by atoms with van der Waals surface area (Å²) >= 11 is 4.36. The molecule has 0 saturated heterocycles. The van der Waals surface area contributed by atoms with Crippen molar-refractivity contribution >= 4 is 23.2 Å². The van der Waals surface area contributed by atoms with E-state index in [9.17, 15) is 0 Å². The lowest BCUT2D eigenvalue weighted by atomic mass is 10.6. The standard InChI is InChI=1S/C5H3N3S/c9-4-8-5-1-2-6-3-7-5/h1-3H. The summed E-state index contributed by atoms with van der Waals surface area (Å²) in [6.45, 7) is 0. The second kappa shape index (κ2) is 3.02. The molecule has 0 aliphatic rings. The summed E-state index contributed by atoms with van der Waals surface area (Å²) in [7, 11) is 0. The molecule has 0 spiro atoms. The molecule has 1 rings (SSSR count). The monoisotopic (exact) mass is 137 g/mol. The third kappa shape index (κ3) is 1.68. The molecule has 0 aromatic carbocycles. The predicted octanol–water partition coefficient (Wildman–Crippen LogP) is 1.21. The lowest BCUT2D eigenvalue weighted by Crippen LogP contribution is -1.72. The van der Waals surface area contributed by atoms with Gasteiger partial charge in [-0.25, -0.2) is 9.97 Å². The molecule has 0 aliphatic carbocycles. The van der Waals surface area contributed by atoms with Gasteiger partial charge < -0.3 is 0 Å². The number of aromatic nitrogens is 2. The van der Waals surface area contributed by atoms with Crippen molar-refractivity contribution in [1.29, 1.82) is 0 Å². The summed E-state index contributed by atoms with van der Waals surface area (Å²) in [5.41, 5.74) is 0. The van der Waals surface area contributed by atoms with E-state index in [0.29, 0.717) is 5.82 Å². The fourth-order valence-electron chi connectivity index (χ4n) is 0.397. The topological polar surface area (TPSA) is 38.1 Å². The summed E-state index contributed by atoms with van der Waals surface area (Å²) in [6.07, 6.45) is 3.00. The van der Waals surface area contributed by atoms with Crippen LogP contribution in [0.3, 0.4) is 0 Å². The van der Waals surface area contributed by atoms with Crippen LogP contribution in [0.15, 0.2) is 23.6 Å². The van der Waals surface area contributed by atoms with E-state index in [-0.39, 0.29) is 0 Å². The zero-order valence-electron chi connectivity index (χ0n) is 4.48. The molecular weight excluding hydrogens is 134 g/mol. The molecule has 1 aromatic rings.